The number of hydrogen-bond acceptors (Lipinski definition) is 6. The number of carbonyl (C=O) groups excluding carboxylic acids is 1. The van der Waals surface area contributed by atoms with E-state index in [1.165, 1.54) is 0 Å². The quantitative estimate of drug-likeness (QED) is 0.815. The van der Waals surface area contributed by atoms with Gasteiger partial charge >= 0.3 is 0 Å². The zero-order valence-corrected chi connectivity index (χ0v) is 16.8. The summed E-state index contributed by atoms with van der Waals surface area (Å²) in [4.78, 5) is 16.8. The molecule has 1 amide bonds. The Morgan fingerprint density at radius 3 is 2.67 bits per heavy atom. The summed E-state index contributed by atoms with van der Waals surface area (Å²) in [5.41, 5.74) is 1.64. The SMILES string of the molecule is Cc1cc(C(=O)N2CC3(CC(c4nnc(CC(C)C)o4)N(C)C3)C2)nn1C. The van der Waals surface area contributed by atoms with Crippen molar-refractivity contribution in [1.29, 1.82) is 0 Å². The molecule has 0 radical (unpaired) electrons. The number of aromatic nitrogens is 4. The van der Waals surface area contributed by atoms with Crippen LogP contribution >= 0.6 is 0 Å². The third-order valence-corrected chi connectivity index (χ3v) is 5.77. The van der Waals surface area contributed by atoms with Crippen LogP contribution in [0.3, 0.4) is 0 Å². The Morgan fingerprint density at radius 2 is 2.04 bits per heavy atom. The molecule has 0 saturated carbocycles. The minimum Gasteiger partial charge on any atom is -0.424 e. The lowest BCUT2D eigenvalue weighted by Crippen LogP contribution is -2.59. The maximum Gasteiger partial charge on any atom is 0.274 e. The van der Waals surface area contributed by atoms with Crippen LogP contribution in [-0.2, 0) is 13.5 Å². The third kappa shape index (κ3) is 3.26. The lowest BCUT2D eigenvalue weighted by atomic mass is 9.77. The van der Waals surface area contributed by atoms with Crippen molar-refractivity contribution in [2.24, 2.45) is 18.4 Å². The maximum atomic E-state index is 12.7. The number of likely N-dealkylation sites (tertiary alicyclic amines) is 2. The topological polar surface area (TPSA) is 80.3 Å². The maximum absolute atomic E-state index is 12.7. The van der Waals surface area contributed by atoms with E-state index in [1.54, 1.807) is 4.68 Å². The van der Waals surface area contributed by atoms with Gasteiger partial charge in [-0.05, 0) is 32.4 Å². The number of carbonyl (C=O) groups is 1. The Hall–Kier alpha value is -2.22. The summed E-state index contributed by atoms with van der Waals surface area (Å²) in [6.45, 7) is 8.69. The zero-order valence-electron chi connectivity index (χ0n) is 16.8. The first-order chi connectivity index (χ1) is 12.8. The van der Waals surface area contributed by atoms with E-state index in [4.69, 9.17) is 4.42 Å². The molecule has 146 valence electrons. The molecule has 2 aliphatic heterocycles. The van der Waals surface area contributed by atoms with Crippen LogP contribution < -0.4 is 0 Å². The summed E-state index contributed by atoms with van der Waals surface area (Å²) >= 11 is 0. The standard InChI is InChI=1S/C19H28N6O2/c1-12(2)6-16-20-21-17(27-16)15-8-19(9-23(15)4)10-25(11-19)18(26)14-7-13(3)24(5)22-14/h7,12,15H,6,8-11H2,1-5H3. The van der Waals surface area contributed by atoms with E-state index in [0.29, 0.717) is 23.4 Å². The van der Waals surface area contributed by atoms with E-state index in [-0.39, 0.29) is 17.4 Å². The number of rotatable bonds is 4. The van der Waals surface area contributed by atoms with Gasteiger partial charge in [0.2, 0.25) is 11.8 Å². The van der Waals surface area contributed by atoms with Crippen molar-refractivity contribution in [1.82, 2.24) is 29.8 Å². The second kappa shape index (κ2) is 6.44. The molecule has 8 heteroatoms. The third-order valence-electron chi connectivity index (χ3n) is 5.77. The molecule has 8 nitrogen and oxygen atoms in total. The number of hydrogen-bond donors (Lipinski definition) is 0. The van der Waals surface area contributed by atoms with Gasteiger partial charge in [-0.15, -0.1) is 10.2 Å². The first-order valence-electron chi connectivity index (χ1n) is 9.59. The Balaban J connectivity index is 1.40. The van der Waals surface area contributed by atoms with Gasteiger partial charge < -0.3 is 9.32 Å². The van der Waals surface area contributed by atoms with Crippen LogP contribution in [0.5, 0.6) is 0 Å². The Labute approximate surface area is 159 Å². The fraction of sp³-hybridized carbons (Fsp3) is 0.684. The number of nitrogens with zero attached hydrogens (tertiary/aromatic N) is 6. The van der Waals surface area contributed by atoms with Gasteiger partial charge in [0.05, 0.1) is 6.04 Å². The van der Waals surface area contributed by atoms with Gasteiger partial charge in [0.1, 0.15) is 0 Å². The van der Waals surface area contributed by atoms with Gasteiger partial charge in [0, 0.05) is 44.2 Å². The van der Waals surface area contributed by atoms with Gasteiger partial charge in [-0.3, -0.25) is 14.4 Å². The minimum absolute atomic E-state index is 0.0208. The molecule has 1 unspecified atom stereocenters. The minimum atomic E-state index is 0.0208. The molecule has 1 spiro atoms. The Kier molecular flexibility index (Phi) is 4.33. The summed E-state index contributed by atoms with van der Waals surface area (Å²) in [7, 11) is 3.95. The van der Waals surface area contributed by atoms with Crippen molar-refractivity contribution >= 4 is 5.91 Å². The van der Waals surface area contributed by atoms with E-state index in [1.807, 2.05) is 24.9 Å². The lowest BCUT2D eigenvalue weighted by molar-refractivity contribution is 0.0109. The normalized spacial score (nSPS) is 22.0. The summed E-state index contributed by atoms with van der Waals surface area (Å²) in [6, 6.07) is 1.98. The fourth-order valence-corrected chi connectivity index (χ4v) is 4.34. The molecule has 0 N–H and O–H groups in total. The Morgan fingerprint density at radius 1 is 1.30 bits per heavy atom. The van der Waals surface area contributed by atoms with Crippen LogP contribution in [0.25, 0.3) is 0 Å². The van der Waals surface area contributed by atoms with E-state index in [2.05, 4.69) is 41.1 Å². The van der Waals surface area contributed by atoms with E-state index in [0.717, 1.165) is 38.2 Å². The van der Waals surface area contributed by atoms with E-state index < -0.39 is 0 Å². The number of aryl methyl sites for hydroxylation is 2. The second-order valence-electron chi connectivity index (χ2n) is 8.72. The lowest BCUT2D eigenvalue weighted by Gasteiger charge is -2.47. The van der Waals surface area contributed by atoms with Crippen LogP contribution in [0.1, 0.15) is 54.3 Å². The molecular formula is C19H28N6O2. The molecular weight excluding hydrogens is 344 g/mol. The van der Waals surface area contributed by atoms with E-state index in [9.17, 15) is 4.79 Å². The molecule has 1 atom stereocenters. The van der Waals surface area contributed by atoms with Crippen molar-refractivity contribution < 1.29 is 9.21 Å². The van der Waals surface area contributed by atoms with Crippen molar-refractivity contribution in [2.75, 3.05) is 26.7 Å². The van der Waals surface area contributed by atoms with Crippen LogP contribution in [0.4, 0.5) is 0 Å². The molecule has 0 aliphatic carbocycles. The van der Waals surface area contributed by atoms with Crippen molar-refractivity contribution in [3.63, 3.8) is 0 Å². The molecule has 4 rings (SSSR count). The molecule has 2 saturated heterocycles. The molecule has 2 aliphatic rings. The molecule has 27 heavy (non-hydrogen) atoms. The summed E-state index contributed by atoms with van der Waals surface area (Å²) < 4.78 is 7.66. The average Bonchev–Trinajstić information content (AvgIpc) is 3.23. The summed E-state index contributed by atoms with van der Waals surface area (Å²) in [6.07, 6.45) is 1.75. The molecule has 2 fully saturated rings. The predicted octanol–water partition coefficient (Wildman–Crippen LogP) is 1.83. The predicted molar refractivity (Wildman–Crippen MR) is 99.1 cm³/mol. The zero-order chi connectivity index (χ0) is 19.3. The van der Waals surface area contributed by atoms with Gasteiger partial charge in [-0.2, -0.15) is 5.10 Å². The van der Waals surface area contributed by atoms with Crippen LogP contribution in [-0.4, -0.2) is 62.4 Å². The molecule has 0 aromatic carbocycles. The Bertz CT molecular complexity index is 829. The van der Waals surface area contributed by atoms with Crippen LogP contribution in [0, 0.1) is 18.3 Å². The summed E-state index contributed by atoms with van der Waals surface area (Å²) in [5.74, 6) is 1.93. The molecule has 2 aromatic rings. The van der Waals surface area contributed by atoms with E-state index >= 15 is 0 Å². The second-order valence-corrected chi connectivity index (χ2v) is 8.72. The smallest absolute Gasteiger partial charge is 0.274 e. The molecule has 2 aromatic heterocycles. The highest BCUT2D eigenvalue weighted by Crippen LogP contribution is 2.47. The highest BCUT2D eigenvalue weighted by Gasteiger charge is 2.53. The molecule has 4 heterocycles. The largest absolute Gasteiger partial charge is 0.424 e. The highest BCUT2D eigenvalue weighted by molar-refractivity contribution is 5.93. The van der Waals surface area contributed by atoms with Gasteiger partial charge in [0.15, 0.2) is 5.69 Å². The average molecular weight is 372 g/mol. The number of amides is 1. The fourth-order valence-electron chi connectivity index (χ4n) is 4.34. The van der Waals surface area contributed by atoms with Crippen molar-refractivity contribution in [3.8, 4) is 0 Å². The summed E-state index contributed by atoms with van der Waals surface area (Å²) in [5, 5.41) is 12.8. The monoisotopic (exact) mass is 372 g/mol. The molecule has 0 bridgehead atoms. The van der Waals surface area contributed by atoms with Crippen LogP contribution in [0.15, 0.2) is 10.5 Å². The van der Waals surface area contributed by atoms with Gasteiger partial charge in [-0.25, -0.2) is 0 Å². The van der Waals surface area contributed by atoms with Gasteiger partial charge in [0.25, 0.3) is 5.91 Å². The van der Waals surface area contributed by atoms with Crippen LogP contribution in [0.2, 0.25) is 0 Å². The van der Waals surface area contributed by atoms with Crippen molar-refractivity contribution in [3.05, 3.63) is 29.2 Å². The first-order valence-corrected chi connectivity index (χ1v) is 9.59. The first kappa shape index (κ1) is 18.2. The van der Waals surface area contributed by atoms with Gasteiger partial charge in [-0.1, -0.05) is 13.8 Å². The van der Waals surface area contributed by atoms with Crippen molar-refractivity contribution in [2.45, 2.75) is 39.7 Å². The highest BCUT2D eigenvalue weighted by atomic mass is 16.4.